The van der Waals surface area contributed by atoms with Crippen LogP contribution in [-0.4, -0.2) is 40.1 Å². The molecule has 2 unspecified atom stereocenters. The van der Waals surface area contributed by atoms with Crippen molar-refractivity contribution in [3.63, 3.8) is 0 Å². The van der Waals surface area contributed by atoms with Gasteiger partial charge in [-0.05, 0) is 87.1 Å². The summed E-state index contributed by atoms with van der Waals surface area (Å²) in [5.74, 6) is 1.36. The summed E-state index contributed by atoms with van der Waals surface area (Å²) < 4.78 is 13.8. The van der Waals surface area contributed by atoms with Gasteiger partial charge in [0.05, 0.1) is 18.3 Å². The van der Waals surface area contributed by atoms with E-state index in [1.165, 1.54) is 12.0 Å². The Morgan fingerprint density at radius 1 is 0.865 bits per heavy atom. The minimum absolute atomic E-state index is 0.146. The molecule has 37 heavy (non-hydrogen) atoms. The Hall–Kier alpha value is -0.206. The summed E-state index contributed by atoms with van der Waals surface area (Å²) in [6.07, 6.45) is 9.71. The Balaban J connectivity index is 5.40. The van der Waals surface area contributed by atoms with E-state index in [1.54, 1.807) is 0 Å². The molecule has 5 heteroatoms. The smallest absolute Gasteiger partial charge is 0.192 e. The van der Waals surface area contributed by atoms with Gasteiger partial charge in [0.1, 0.15) is 0 Å². The Bertz CT molecular complexity index is 653. The molecule has 0 saturated carbocycles. The molecule has 0 aliphatic carbocycles. The zero-order valence-corrected chi connectivity index (χ0v) is 29.2. The van der Waals surface area contributed by atoms with Gasteiger partial charge in [0.15, 0.2) is 16.6 Å². The first-order valence-corrected chi connectivity index (χ1v) is 20.8. The molecule has 1 N–H and O–H groups in total. The molecule has 0 spiro atoms. The van der Waals surface area contributed by atoms with Crippen LogP contribution in [0.1, 0.15) is 108 Å². The highest BCUT2D eigenvalue weighted by Gasteiger charge is 2.39. The molecule has 0 aliphatic rings. The van der Waals surface area contributed by atoms with Crippen LogP contribution < -0.4 is 0 Å². The number of aliphatic hydroxyl groups excluding tert-OH is 1. The molecular weight excluding hydrogens is 489 g/mol. The Kier molecular flexibility index (Phi) is 16.7. The largest absolute Gasteiger partial charge is 0.414 e. The molecule has 0 aromatic rings. The monoisotopic (exact) mass is 554 g/mol. The van der Waals surface area contributed by atoms with E-state index >= 15 is 0 Å². The maximum atomic E-state index is 10.4. The first kappa shape index (κ1) is 36.8. The standard InChI is InChI=1S/C32H66O3Si2/c1-15-29(16-2)24-30(34-36(13,14)32(10,11)12)23-26(7)22-25(6)20-21-31(27(8)28(9)33)35-37(17-3,18-4)19-5/h15,24-28,30-31,33H,1,16-23H2,2-14H3/b29-24-/t25-,26+,27+,28?,30?,31-/m0/s1. The van der Waals surface area contributed by atoms with Crippen LogP contribution >= 0.6 is 0 Å². The Morgan fingerprint density at radius 2 is 1.41 bits per heavy atom. The van der Waals surface area contributed by atoms with Crippen LogP contribution in [0.3, 0.4) is 0 Å². The highest BCUT2D eigenvalue weighted by atomic mass is 28.4. The quantitative estimate of drug-likeness (QED) is 0.127. The highest BCUT2D eigenvalue weighted by Crippen LogP contribution is 2.39. The second-order valence-electron chi connectivity index (χ2n) is 13.5. The second-order valence-corrected chi connectivity index (χ2v) is 23.0. The third-order valence-electron chi connectivity index (χ3n) is 9.39. The van der Waals surface area contributed by atoms with Crippen molar-refractivity contribution < 1.29 is 14.0 Å². The van der Waals surface area contributed by atoms with Gasteiger partial charge in [-0.15, -0.1) is 0 Å². The summed E-state index contributed by atoms with van der Waals surface area (Å²) in [7, 11) is -3.58. The lowest BCUT2D eigenvalue weighted by molar-refractivity contribution is 0.0315. The average Bonchev–Trinajstić information content (AvgIpc) is 2.81. The molecule has 3 nitrogen and oxygen atoms in total. The van der Waals surface area contributed by atoms with Gasteiger partial charge in [-0.1, -0.05) is 93.5 Å². The number of allylic oxidation sites excluding steroid dienone is 2. The lowest BCUT2D eigenvalue weighted by Gasteiger charge is -2.39. The minimum Gasteiger partial charge on any atom is -0.414 e. The van der Waals surface area contributed by atoms with Crippen LogP contribution in [0.5, 0.6) is 0 Å². The molecule has 0 aromatic carbocycles. The van der Waals surface area contributed by atoms with Crippen LogP contribution in [-0.2, 0) is 8.85 Å². The van der Waals surface area contributed by atoms with E-state index in [4.69, 9.17) is 8.85 Å². The van der Waals surface area contributed by atoms with Crippen molar-refractivity contribution in [3.05, 3.63) is 24.3 Å². The van der Waals surface area contributed by atoms with Gasteiger partial charge >= 0.3 is 0 Å². The minimum atomic E-state index is -1.87. The van der Waals surface area contributed by atoms with E-state index in [0.717, 1.165) is 43.8 Å². The number of aliphatic hydroxyl groups is 1. The maximum absolute atomic E-state index is 10.4. The zero-order chi connectivity index (χ0) is 29.0. The molecule has 0 amide bonds. The summed E-state index contributed by atoms with van der Waals surface area (Å²) in [6, 6.07) is 3.47. The van der Waals surface area contributed by atoms with E-state index in [0.29, 0.717) is 11.8 Å². The summed E-state index contributed by atoms with van der Waals surface area (Å²) in [5, 5.41) is 10.6. The van der Waals surface area contributed by atoms with Gasteiger partial charge in [0.25, 0.3) is 0 Å². The van der Waals surface area contributed by atoms with E-state index in [-0.39, 0.29) is 29.3 Å². The highest BCUT2D eigenvalue weighted by molar-refractivity contribution is 6.74. The Morgan fingerprint density at radius 3 is 1.81 bits per heavy atom. The molecule has 0 aromatic heterocycles. The summed E-state index contributed by atoms with van der Waals surface area (Å²) in [4.78, 5) is 0. The first-order valence-electron chi connectivity index (χ1n) is 15.4. The third kappa shape index (κ3) is 12.7. The molecule has 0 heterocycles. The third-order valence-corrected chi connectivity index (χ3v) is 18.6. The second kappa shape index (κ2) is 16.8. The van der Waals surface area contributed by atoms with Crippen LogP contribution in [0.4, 0.5) is 0 Å². The van der Waals surface area contributed by atoms with E-state index in [2.05, 4.69) is 95.0 Å². The maximum Gasteiger partial charge on any atom is 0.192 e. The van der Waals surface area contributed by atoms with Gasteiger partial charge in [-0.2, -0.15) is 0 Å². The van der Waals surface area contributed by atoms with Crippen LogP contribution in [0.15, 0.2) is 24.3 Å². The first-order chi connectivity index (χ1) is 17.0. The predicted octanol–water partition coefficient (Wildman–Crippen LogP) is 10.1. The van der Waals surface area contributed by atoms with Crippen molar-refractivity contribution >= 4 is 16.6 Å². The van der Waals surface area contributed by atoms with Crippen molar-refractivity contribution in [1.82, 2.24) is 0 Å². The normalized spacial score (nSPS) is 18.7. The molecule has 0 bridgehead atoms. The molecule has 0 fully saturated rings. The summed E-state index contributed by atoms with van der Waals surface area (Å²) in [5.41, 5.74) is 1.28. The van der Waals surface area contributed by atoms with Crippen molar-refractivity contribution in [1.29, 1.82) is 0 Å². The predicted molar refractivity (Wildman–Crippen MR) is 170 cm³/mol. The van der Waals surface area contributed by atoms with Crippen LogP contribution in [0.25, 0.3) is 0 Å². The number of rotatable bonds is 19. The fraction of sp³-hybridized carbons (Fsp3) is 0.875. The van der Waals surface area contributed by atoms with Crippen molar-refractivity contribution in [2.45, 2.75) is 163 Å². The summed E-state index contributed by atoms with van der Waals surface area (Å²) >= 11 is 0. The fourth-order valence-corrected chi connectivity index (χ4v) is 9.33. The van der Waals surface area contributed by atoms with E-state index in [1.807, 2.05) is 13.0 Å². The van der Waals surface area contributed by atoms with E-state index < -0.39 is 16.6 Å². The lowest BCUT2D eigenvalue weighted by atomic mass is 9.87. The molecule has 0 rings (SSSR count). The van der Waals surface area contributed by atoms with Crippen molar-refractivity contribution in [2.24, 2.45) is 17.8 Å². The van der Waals surface area contributed by atoms with Crippen LogP contribution in [0.2, 0.25) is 36.3 Å². The lowest BCUT2D eigenvalue weighted by Crippen LogP contribution is -2.44. The van der Waals surface area contributed by atoms with Crippen molar-refractivity contribution in [2.75, 3.05) is 0 Å². The molecule has 220 valence electrons. The van der Waals surface area contributed by atoms with Gasteiger partial charge in [0, 0.05) is 5.92 Å². The van der Waals surface area contributed by atoms with Crippen LogP contribution in [0, 0.1) is 17.8 Å². The molecule has 6 atom stereocenters. The topological polar surface area (TPSA) is 38.7 Å². The molecule has 0 radical (unpaired) electrons. The van der Waals surface area contributed by atoms with Gasteiger partial charge in [-0.25, -0.2) is 0 Å². The summed E-state index contributed by atoms with van der Waals surface area (Å²) in [6.45, 7) is 33.6. The SMILES string of the molecule is C=C/C(=C/C(C[C@H](C)C[C@@H](C)CC[C@H](O[Si](CC)(CC)CC)[C@H](C)C(C)O)O[Si](C)(C)C(C)(C)C)CC. The molecule has 0 saturated heterocycles. The Labute approximate surface area is 235 Å². The fourth-order valence-electron chi connectivity index (χ4n) is 5.08. The van der Waals surface area contributed by atoms with E-state index in [9.17, 15) is 5.11 Å². The molecular formula is C32H66O3Si2. The van der Waals surface area contributed by atoms with Crippen molar-refractivity contribution in [3.8, 4) is 0 Å². The molecule has 0 aliphatic heterocycles. The number of hydrogen-bond donors (Lipinski definition) is 1. The average molecular weight is 555 g/mol. The van der Waals surface area contributed by atoms with Gasteiger partial charge < -0.3 is 14.0 Å². The number of hydrogen-bond acceptors (Lipinski definition) is 3. The van der Waals surface area contributed by atoms with Gasteiger partial charge in [0.2, 0.25) is 0 Å². The zero-order valence-electron chi connectivity index (χ0n) is 27.2. The van der Waals surface area contributed by atoms with Gasteiger partial charge in [-0.3, -0.25) is 0 Å².